The Kier molecular flexibility index (Phi) is 5.62. The van der Waals surface area contributed by atoms with Crippen LogP contribution in [0.1, 0.15) is 41.5 Å². The van der Waals surface area contributed by atoms with E-state index in [0.29, 0.717) is 0 Å². The number of nitrogens with one attached hydrogen (secondary N) is 1. The van der Waals surface area contributed by atoms with E-state index in [2.05, 4.69) is 10.1 Å². The lowest BCUT2D eigenvalue weighted by Gasteiger charge is -2.31. The van der Waals surface area contributed by atoms with E-state index in [1.165, 1.54) is 19.1 Å². The molecule has 9 heteroatoms. The first-order valence-corrected chi connectivity index (χ1v) is 7.04. The molecule has 0 saturated carbocycles. The largest absolute Gasteiger partial charge is 0.465 e. The Bertz CT molecular complexity index is 700. The number of hydrogen-bond donors (Lipinski definition) is 2. The molecule has 1 unspecified atom stereocenters. The number of nitrogens with two attached hydrogens (primary N) is 1. The Morgan fingerprint density at radius 3 is 2.33 bits per heavy atom. The van der Waals surface area contributed by atoms with Gasteiger partial charge in [0.25, 0.3) is 11.6 Å². The minimum atomic E-state index is -1.39. The van der Waals surface area contributed by atoms with E-state index in [0.717, 1.165) is 13.2 Å². The highest BCUT2D eigenvalue weighted by atomic mass is 16.6. The molecule has 0 aliphatic carbocycles. The summed E-state index contributed by atoms with van der Waals surface area (Å²) in [6.45, 7) is 4.80. The lowest BCUT2D eigenvalue weighted by atomic mass is 9.87. The zero-order valence-corrected chi connectivity index (χ0v) is 13.8. The lowest BCUT2D eigenvalue weighted by Crippen LogP contribution is -2.58. The van der Waals surface area contributed by atoms with Gasteiger partial charge >= 0.3 is 5.97 Å². The molecule has 0 aromatic heterocycles. The molecule has 1 aromatic carbocycles. The van der Waals surface area contributed by atoms with Crippen molar-refractivity contribution >= 4 is 23.5 Å². The van der Waals surface area contributed by atoms with Crippen molar-refractivity contribution < 1.29 is 24.0 Å². The standard InChI is InChI=1S/C15H19N3O6/c1-8(2)15(3,14(16)21)17-12(19)9-6-5-7-10(18(22)23)11(9)13(20)24-4/h5-8H,1-4H3,(H2,16,21)(H,17,19). The molecule has 1 atom stereocenters. The second kappa shape index (κ2) is 7.07. The first-order valence-electron chi connectivity index (χ1n) is 7.04. The number of esters is 1. The van der Waals surface area contributed by atoms with Gasteiger partial charge in [0, 0.05) is 6.07 Å². The highest BCUT2D eigenvalue weighted by Crippen LogP contribution is 2.25. The summed E-state index contributed by atoms with van der Waals surface area (Å²) in [5.74, 6) is -2.98. The van der Waals surface area contributed by atoms with Crippen LogP contribution in [0.25, 0.3) is 0 Å². The van der Waals surface area contributed by atoms with Gasteiger partial charge in [0.1, 0.15) is 11.1 Å². The van der Waals surface area contributed by atoms with Crippen LogP contribution in [0.4, 0.5) is 5.69 Å². The molecule has 9 nitrogen and oxygen atoms in total. The topological polar surface area (TPSA) is 142 Å². The van der Waals surface area contributed by atoms with Gasteiger partial charge in [-0.05, 0) is 18.9 Å². The average molecular weight is 337 g/mol. The molecule has 3 N–H and O–H groups in total. The number of carbonyl (C=O) groups is 3. The van der Waals surface area contributed by atoms with E-state index in [1.807, 2.05) is 0 Å². The Hall–Kier alpha value is -2.97. The van der Waals surface area contributed by atoms with E-state index in [9.17, 15) is 24.5 Å². The van der Waals surface area contributed by atoms with E-state index >= 15 is 0 Å². The maximum Gasteiger partial charge on any atom is 0.345 e. The van der Waals surface area contributed by atoms with Crippen LogP contribution in [0.2, 0.25) is 0 Å². The summed E-state index contributed by atoms with van der Waals surface area (Å²) in [6, 6.07) is 3.57. The summed E-state index contributed by atoms with van der Waals surface area (Å²) in [4.78, 5) is 46.4. The van der Waals surface area contributed by atoms with Crippen LogP contribution in [-0.2, 0) is 9.53 Å². The zero-order chi connectivity index (χ0) is 18.7. The minimum absolute atomic E-state index is 0.274. The fraction of sp³-hybridized carbons (Fsp3) is 0.400. The van der Waals surface area contributed by atoms with Gasteiger partial charge in [-0.3, -0.25) is 19.7 Å². The summed E-state index contributed by atoms with van der Waals surface area (Å²) < 4.78 is 4.53. The molecule has 0 bridgehead atoms. The molecule has 0 spiro atoms. The number of hydrogen-bond acceptors (Lipinski definition) is 6. The van der Waals surface area contributed by atoms with Crippen molar-refractivity contribution in [2.24, 2.45) is 11.7 Å². The molecular weight excluding hydrogens is 318 g/mol. The summed E-state index contributed by atoms with van der Waals surface area (Å²) in [6.07, 6.45) is 0. The summed E-state index contributed by atoms with van der Waals surface area (Å²) >= 11 is 0. The van der Waals surface area contributed by atoms with Crippen LogP contribution in [0.15, 0.2) is 18.2 Å². The third kappa shape index (κ3) is 3.50. The van der Waals surface area contributed by atoms with Crippen LogP contribution in [-0.4, -0.2) is 35.4 Å². The molecule has 2 amide bonds. The minimum Gasteiger partial charge on any atom is -0.465 e. The lowest BCUT2D eigenvalue weighted by molar-refractivity contribution is -0.385. The van der Waals surface area contributed by atoms with Gasteiger partial charge in [-0.2, -0.15) is 0 Å². The zero-order valence-electron chi connectivity index (χ0n) is 13.8. The van der Waals surface area contributed by atoms with Crippen LogP contribution >= 0.6 is 0 Å². The van der Waals surface area contributed by atoms with Crippen molar-refractivity contribution in [3.63, 3.8) is 0 Å². The maximum atomic E-state index is 12.5. The summed E-state index contributed by atoms with van der Waals surface area (Å²) in [7, 11) is 1.04. The van der Waals surface area contributed by atoms with Gasteiger partial charge in [0.15, 0.2) is 0 Å². The van der Waals surface area contributed by atoms with Crippen molar-refractivity contribution in [1.29, 1.82) is 0 Å². The number of rotatable bonds is 6. The van der Waals surface area contributed by atoms with E-state index < -0.39 is 39.5 Å². The first kappa shape index (κ1) is 19.1. The number of carbonyl (C=O) groups excluding carboxylic acids is 3. The smallest absolute Gasteiger partial charge is 0.345 e. The normalized spacial score (nSPS) is 13.0. The second-order valence-corrected chi connectivity index (χ2v) is 5.62. The first-order chi connectivity index (χ1) is 11.1. The number of primary amides is 1. The van der Waals surface area contributed by atoms with Crippen molar-refractivity contribution in [3.8, 4) is 0 Å². The Morgan fingerprint density at radius 2 is 1.92 bits per heavy atom. The van der Waals surface area contributed by atoms with E-state index in [1.54, 1.807) is 13.8 Å². The van der Waals surface area contributed by atoms with Crippen LogP contribution < -0.4 is 11.1 Å². The third-order valence-electron chi connectivity index (χ3n) is 3.91. The molecule has 130 valence electrons. The van der Waals surface area contributed by atoms with Gasteiger partial charge < -0.3 is 15.8 Å². The van der Waals surface area contributed by atoms with Crippen LogP contribution in [0.3, 0.4) is 0 Å². The number of amides is 2. The third-order valence-corrected chi connectivity index (χ3v) is 3.91. The van der Waals surface area contributed by atoms with Crippen molar-refractivity contribution in [2.45, 2.75) is 26.3 Å². The molecule has 0 saturated heterocycles. The molecule has 0 fully saturated rings. The number of nitrogens with zero attached hydrogens (tertiary/aromatic N) is 1. The van der Waals surface area contributed by atoms with Crippen LogP contribution in [0.5, 0.6) is 0 Å². The Balaban J connectivity index is 3.43. The monoisotopic (exact) mass is 337 g/mol. The SMILES string of the molecule is COC(=O)c1c(C(=O)NC(C)(C(N)=O)C(C)C)cccc1[N+](=O)[O-]. The van der Waals surface area contributed by atoms with Gasteiger partial charge in [0.05, 0.1) is 17.6 Å². The van der Waals surface area contributed by atoms with E-state index in [4.69, 9.17) is 5.73 Å². The number of benzene rings is 1. The van der Waals surface area contributed by atoms with Crippen molar-refractivity contribution in [1.82, 2.24) is 5.32 Å². The van der Waals surface area contributed by atoms with Gasteiger partial charge in [-0.15, -0.1) is 0 Å². The fourth-order valence-electron chi connectivity index (χ4n) is 1.99. The van der Waals surface area contributed by atoms with Crippen molar-refractivity contribution in [3.05, 3.63) is 39.4 Å². The van der Waals surface area contributed by atoms with Gasteiger partial charge in [-0.25, -0.2) is 4.79 Å². The number of nitro groups is 1. The quantitative estimate of drug-likeness (QED) is 0.451. The predicted octanol–water partition coefficient (Wildman–Crippen LogP) is 1.01. The molecule has 0 heterocycles. The number of methoxy groups -OCH3 is 1. The van der Waals surface area contributed by atoms with Gasteiger partial charge in [0.2, 0.25) is 5.91 Å². The van der Waals surface area contributed by atoms with Crippen LogP contribution in [0, 0.1) is 16.0 Å². The molecule has 0 radical (unpaired) electrons. The highest BCUT2D eigenvalue weighted by Gasteiger charge is 2.38. The van der Waals surface area contributed by atoms with Gasteiger partial charge in [-0.1, -0.05) is 19.9 Å². The Morgan fingerprint density at radius 1 is 1.33 bits per heavy atom. The maximum absolute atomic E-state index is 12.5. The fourth-order valence-corrected chi connectivity index (χ4v) is 1.99. The second-order valence-electron chi connectivity index (χ2n) is 5.62. The molecular formula is C15H19N3O6. The van der Waals surface area contributed by atoms with E-state index in [-0.39, 0.29) is 11.5 Å². The molecule has 0 aliphatic rings. The molecule has 1 aromatic rings. The number of nitro benzene ring substituents is 1. The Labute approximate surface area is 138 Å². The molecule has 24 heavy (non-hydrogen) atoms. The highest BCUT2D eigenvalue weighted by molar-refractivity contribution is 6.09. The predicted molar refractivity (Wildman–Crippen MR) is 84.3 cm³/mol. The number of ether oxygens (including phenoxy) is 1. The summed E-state index contributed by atoms with van der Waals surface area (Å²) in [5.41, 5.74) is 2.62. The van der Waals surface area contributed by atoms with Crippen molar-refractivity contribution in [2.75, 3.05) is 7.11 Å². The average Bonchev–Trinajstić information content (AvgIpc) is 2.52. The molecule has 0 aliphatic heterocycles. The molecule has 1 rings (SSSR count). The summed E-state index contributed by atoms with van der Waals surface area (Å²) in [5, 5.41) is 13.6.